The molecule has 0 amide bonds. The van der Waals surface area contributed by atoms with Gasteiger partial charge >= 0.3 is 0 Å². The summed E-state index contributed by atoms with van der Waals surface area (Å²) in [4.78, 5) is 9.47. The molecule has 1 N–H and O–H groups in total. The van der Waals surface area contributed by atoms with Crippen molar-refractivity contribution in [2.45, 2.75) is 25.8 Å². The van der Waals surface area contributed by atoms with Gasteiger partial charge in [-0.05, 0) is 49.9 Å². The monoisotopic (exact) mass is 357 g/mol. The van der Waals surface area contributed by atoms with Crippen LogP contribution in [0, 0.1) is 17.7 Å². The summed E-state index contributed by atoms with van der Waals surface area (Å²) in [5.41, 5.74) is 1.35. The van der Waals surface area contributed by atoms with Crippen molar-refractivity contribution in [1.29, 1.82) is 0 Å². The van der Waals surface area contributed by atoms with Crippen LogP contribution in [0.25, 0.3) is 10.9 Å². The molecule has 4 rings (SSSR count). The number of para-hydroxylation sites is 1. The second-order valence-electron chi connectivity index (χ2n) is 7.87. The number of likely N-dealkylation sites (tertiary alicyclic amines) is 2. The molecule has 0 radical (unpaired) electrons. The number of pyridine rings is 1. The highest BCUT2D eigenvalue weighted by atomic mass is 19.1. The average molecular weight is 357 g/mol. The summed E-state index contributed by atoms with van der Waals surface area (Å²) in [6, 6.07) is 9.02. The molecular weight excluding hydrogens is 329 g/mol. The second kappa shape index (κ2) is 7.99. The Labute approximate surface area is 154 Å². The van der Waals surface area contributed by atoms with E-state index in [2.05, 4.69) is 14.8 Å². The van der Waals surface area contributed by atoms with Crippen LogP contribution < -0.4 is 0 Å². The maximum absolute atomic E-state index is 14.0. The number of benzene rings is 1. The largest absolute Gasteiger partial charge is 0.396 e. The molecule has 2 fully saturated rings. The number of nitrogens with zero attached hydrogens (tertiary/aromatic N) is 3. The first kappa shape index (κ1) is 17.8. The van der Waals surface area contributed by atoms with Gasteiger partial charge in [0, 0.05) is 38.2 Å². The molecule has 0 spiro atoms. The summed E-state index contributed by atoms with van der Waals surface area (Å²) in [7, 11) is 0. The Morgan fingerprint density at radius 2 is 1.81 bits per heavy atom. The number of aromatic nitrogens is 1. The number of piperidine rings is 1. The van der Waals surface area contributed by atoms with E-state index in [1.807, 2.05) is 18.2 Å². The van der Waals surface area contributed by atoms with Crippen molar-refractivity contribution in [2.75, 3.05) is 39.3 Å². The number of aliphatic hydroxyl groups excluding tert-OH is 1. The molecule has 0 saturated carbocycles. The van der Waals surface area contributed by atoms with E-state index in [0.29, 0.717) is 17.4 Å². The molecule has 0 unspecified atom stereocenters. The number of rotatable bonds is 5. The van der Waals surface area contributed by atoms with Crippen LogP contribution in [0.2, 0.25) is 0 Å². The molecule has 2 aliphatic rings. The summed E-state index contributed by atoms with van der Waals surface area (Å²) in [6.45, 7) is 6.32. The SMILES string of the molecule is OC[C@@H]1CN(Cc2ccc3cccc(F)c3n2)C[C@@H]1CN1CCCCC1. The minimum atomic E-state index is -0.262. The predicted octanol–water partition coefficient (Wildman–Crippen LogP) is 2.90. The Bertz CT molecular complexity index is 747. The first-order chi connectivity index (χ1) is 12.7. The van der Waals surface area contributed by atoms with Crippen LogP contribution in [0.5, 0.6) is 0 Å². The maximum Gasteiger partial charge on any atom is 0.149 e. The van der Waals surface area contributed by atoms with Gasteiger partial charge in [0.2, 0.25) is 0 Å². The lowest BCUT2D eigenvalue weighted by Crippen LogP contribution is -2.37. The normalized spacial score (nSPS) is 25.2. The van der Waals surface area contributed by atoms with Gasteiger partial charge in [0.25, 0.3) is 0 Å². The van der Waals surface area contributed by atoms with Crippen molar-refractivity contribution < 1.29 is 9.50 Å². The van der Waals surface area contributed by atoms with Gasteiger partial charge in [0.05, 0.1) is 5.69 Å². The van der Waals surface area contributed by atoms with E-state index in [0.717, 1.165) is 37.3 Å². The van der Waals surface area contributed by atoms with Crippen molar-refractivity contribution in [3.63, 3.8) is 0 Å². The fourth-order valence-corrected chi connectivity index (χ4v) is 4.52. The van der Waals surface area contributed by atoms with E-state index in [1.54, 1.807) is 6.07 Å². The van der Waals surface area contributed by atoms with Gasteiger partial charge in [-0.2, -0.15) is 0 Å². The van der Waals surface area contributed by atoms with E-state index in [-0.39, 0.29) is 12.4 Å². The molecule has 26 heavy (non-hydrogen) atoms. The van der Waals surface area contributed by atoms with Crippen molar-refractivity contribution in [2.24, 2.45) is 11.8 Å². The molecule has 140 valence electrons. The molecule has 2 aliphatic heterocycles. The third kappa shape index (κ3) is 3.90. The first-order valence-corrected chi connectivity index (χ1v) is 9.82. The molecule has 1 aromatic heterocycles. The van der Waals surface area contributed by atoms with Gasteiger partial charge < -0.3 is 10.0 Å². The van der Waals surface area contributed by atoms with Gasteiger partial charge in [-0.1, -0.05) is 24.6 Å². The van der Waals surface area contributed by atoms with Crippen LogP contribution in [0.4, 0.5) is 4.39 Å². The Kier molecular flexibility index (Phi) is 5.48. The lowest BCUT2D eigenvalue weighted by Gasteiger charge is -2.30. The number of aliphatic hydroxyl groups is 1. The zero-order valence-electron chi connectivity index (χ0n) is 15.3. The summed E-state index contributed by atoms with van der Waals surface area (Å²) >= 11 is 0. The molecule has 4 nitrogen and oxygen atoms in total. The topological polar surface area (TPSA) is 39.6 Å². The maximum atomic E-state index is 14.0. The summed E-state index contributed by atoms with van der Waals surface area (Å²) < 4.78 is 14.0. The van der Waals surface area contributed by atoms with E-state index in [1.165, 1.54) is 38.4 Å². The van der Waals surface area contributed by atoms with E-state index < -0.39 is 0 Å². The highest BCUT2D eigenvalue weighted by Gasteiger charge is 2.33. The Balaban J connectivity index is 1.42. The van der Waals surface area contributed by atoms with Crippen LogP contribution in [0.3, 0.4) is 0 Å². The highest BCUT2D eigenvalue weighted by Crippen LogP contribution is 2.27. The molecule has 2 atom stereocenters. The van der Waals surface area contributed by atoms with Crippen LogP contribution in [0.15, 0.2) is 30.3 Å². The molecule has 1 aromatic carbocycles. The number of hydrogen-bond acceptors (Lipinski definition) is 4. The van der Waals surface area contributed by atoms with Gasteiger partial charge in [-0.15, -0.1) is 0 Å². The summed E-state index contributed by atoms with van der Waals surface area (Å²) in [5.74, 6) is 0.575. The third-order valence-electron chi connectivity index (χ3n) is 5.94. The Hall–Kier alpha value is -1.56. The Morgan fingerprint density at radius 1 is 1.00 bits per heavy atom. The molecule has 0 bridgehead atoms. The van der Waals surface area contributed by atoms with Crippen LogP contribution in [-0.2, 0) is 6.54 Å². The second-order valence-corrected chi connectivity index (χ2v) is 7.87. The minimum absolute atomic E-state index is 0.245. The lowest BCUT2D eigenvalue weighted by molar-refractivity contribution is 0.149. The first-order valence-electron chi connectivity index (χ1n) is 9.82. The molecule has 2 saturated heterocycles. The van der Waals surface area contributed by atoms with Crippen molar-refractivity contribution >= 4 is 10.9 Å². The number of hydrogen-bond donors (Lipinski definition) is 1. The third-order valence-corrected chi connectivity index (χ3v) is 5.94. The highest BCUT2D eigenvalue weighted by molar-refractivity contribution is 5.79. The molecule has 2 aromatic rings. The fraction of sp³-hybridized carbons (Fsp3) is 0.571. The fourth-order valence-electron chi connectivity index (χ4n) is 4.52. The molecule has 5 heteroatoms. The quantitative estimate of drug-likeness (QED) is 0.893. The van der Waals surface area contributed by atoms with E-state index in [9.17, 15) is 9.50 Å². The minimum Gasteiger partial charge on any atom is -0.396 e. The summed E-state index contributed by atoms with van der Waals surface area (Å²) in [6.07, 6.45) is 3.94. The van der Waals surface area contributed by atoms with Crippen LogP contribution in [0.1, 0.15) is 25.0 Å². The number of halogens is 1. The molecule has 0 aliphatic carbocycles. The average Bonchev–Trinajstić information content (AvgIpc) is 3.04. The zero-order chi connectivity index (χ0) is 17.9. The van der Waals surface area contributed by atoms with Crippen LogP contribution in [-0.4, -0.2) is 59.2 Å². The Morgan fingerprint density at radius 3 is 2.62 bits per heavy atom. The smallest absolute Gasteiger partial charge is 0.149 e. The predicted molar refractivity (Wildman–Crippen MR) is 101 cm³/mol. The van der Waals surface area contributed by atoms with Gasteiger partial charge in [0.15, 0.2) is 0 Å². The van der Waals surface area contributed by atoms with E-state index >= 15 is 0 Å². The van der Waals surface area contributed by atoms with Gasteiger partial charge in [-0.3, -0.25) is 4.90 Å². The van der Waals surface area contributed by atoms with Crippen LogP contribution >= 0.6 is 0 Å². The van der Waals surface area contributed by atoms with Crippen molar-refractivity contribution in [3.8, 4) is 0 Å². The standard InChI is InChI=1S/C21H28FN3O/c22-20-6-4-5-16-7-8-19(23-21(16)20)14-25-12-17(18(13-25)15-26)11-24-9-2-1-3-10-24/h4-8,17-18,26H,1-3,9-15H2/t17-,18-/m0/s1. The van der Waals surface area contributed by atoms with Gasteiger partial charge in [-0.25, -0.2) is 9.37 Å². The molecular formula is C21H28FN3O. The number of fused-ring (bicyclic) bond motifs is 1. The van der Waals surface area contributed by atoms with Crippen molar-refractivity contribution in [3.05, 3.63) is 41.8 Å². The lowest BCUT2D eigenvalue weighted by atomic mass is 9.95. The molecule has 3 heterocycles. The van der Waals surface area contributed by atoms with E-state index in [4.69, 9.17) is 0 Å². The zero-order valence-corrected chi connectivity index (χ0v) is 15.3. The van der Waals surface area contributed by atoms with Crippen molar-refractivity contribution in [1.82, 2.24) is 14.8 Å². The summed E-state index contributed by atoms with van der Waals surface area (Å²) in [5, 5.41) is 10.7. The van der Waals surface area contributed by atoms with Gasteiger partial charge in [0.1, 0.15) is 11.3 Å².